The number of rotatable bonds is 5. The second-order valence-corrected chi connectivity index (χ2v) is 8.28. The highest BCUT2D eigenvalue weighted by molar-refractivity contribution is 6.21. The van der Waals surface area contributed by atoms with Gasteiger partial charge in [-0.1, -0.05) is 37.3 Å². The molecule has 1 N–H and O–H groups in total. The molecule has 0 spiro atoms. The summed E-state index contributed by atoms with van der Waals surface area (Å²) in [5.41, 5.74) is 2.22. The lowest BCUT2D eigenvalue weighted by Gasteiger charge is -2.37. The molecule has 1 saturated heterocycles. The number of hydrogen-bond acceptors (Lipinski definition) is 4. The van der Waals surface area contributed by atoms with Gasteiger partial charge in [-0.05, 0) is 55.6 Å². The van der Waals surface area contributed by atoms with Crippen LogP contribution in [0.15, 0.2) is 48.5 Å². The van der Waals surface area contributed by atoms with E-state index < -0.39 is 0 Å². The molecule has 3 amide bonds. The minimum atomic E-state index is -0.366. The molecule has 6 heteroatoms. The zero-order chi connectivity index (χ0) is 21.3. The average Bonchev–Trinajstić information content (AvgIpc) is 2.99. The topological polar surface area (TPSA) is 69.7 Å². The van der Waals surface area contributed by atoms with Gasteiger partial charge in [-0.15, -0.1) is 0 Å². The van der Waals surface area contributed by atoms with Crippen molar-refractivity contribution in [1.82, 2.24) is 15.1 Å². The van der Waals surface area contributed by atoms with E-state index >= 15 is 0 Å². The van der Waals surface area contributed by atoms with Crippen molar-refractivity contribution >= 4 is 17.7 Å². The van der Waals surface area contributed by atoms with Crippen molar-refractivity contribution in [3.8, 4) is 0 Å². The van der Waals surface area contributed by atoms with Gasteiger partial charge in [0.25, 0.3) is 17.7 Å². The van der Waals surface area contributed by atoms with Gasteiger partial charge in [0, 0.05) is 19.2 Å². The largest absolute Gasteiger partial charge is 0.350 e. The standard InChI is InChI=1S/C24H27N3O3/c1-16-10-12-27(13-11-16)21(17-6-4-3-5-7-17)15-25-22(28)18-8-9-19-20(14-18)24(30)26(2)23(19)29/h3-9,14,16,21H,10-13,15H2,1-2H3,(H,25,28). The molecule has 2 aromatic carbocycles. The first kappa shape index (κ1) is 20.3. The average molecular weight is 405 g/mol. The molecule has 0 aromatic heterocycles. The van der Waals surface area contributed by atoms with Crippen molar-refractivity contribution in [3.63, 3.8) is 0 Å². The third-order valence-electron chi connectivity index (χ3n) is 6.25. The van der Waals surface area contributed by atoms with Crippen LogP contribution in [0.1, 0.15) is 62.4 Å². The van der Waals surface area contributed by atoms with E-state index in [9.17, 15) is 14.4 Å². The van der Waals surface area contributed by atoms with Gasteiger partial charge in [0.15, 0.2) is 0 Å². The number of fused-ring (bicyclic) bond motifs is 1. The molecule has 2 aliphatic heterocycles. The second-order valence-electron chi connectivity index (χ2n) is 8.28. The predicted octanol–water partition coefficient (Wildman–Crippen LogP) is 3.12. The third kappa shape index (κ3) is 3.87. The minimum Gasteiger partial charge on any atom is -0.350 e. The molecule has 6 nitrogen and oxygen atoms in total. The number of carbonyl (C=O) groups excluding carboxylic acids is 3. The monoisotopic (exact) mass is 405 g/mol. The van der Waals surface area contributed by atoms with E-state index in [0.717, 1.165) is 36.7 Å². The summed E-state index contributed by atoms with van der Waals surface area (Å²) in [5, 5.41) is 3.04. The van der Waals surface area contributed by atoms with Crippen LogP contribution in [-0.4, -0.2) is 54.2 Å². The van der Waals surface area contributed by atoms with Gasteiger partial charge in [-0.25, -0.2) is 0 Å². The Hall–Kier alpha value is -2.99. The highest BCUT2D eigenvalue weighted by Crippen LogP contribution is 2.27. The number of hydrogen-bond donors (Lipinski definition) is 1. The van der Waals surface area contributed by atoms with Gasteiger partial charge in [0.2, 0.25) is 0 Å². The summed E-state index contributed by atoms with van der Waals surface area (Å²) >= 11 is 0. The lowest BCUT2D eigenvalue weighted by atomic mass is 9.95. The van der Waals surface area contributed by atoms with Crippen molar-refractivity contribution in [2.75, 3.05) is 26.7 Å². The van der Waals surface area contributed by atoms with Gasteiger partial charge < -0.3 is 5.32 Å². The molecular formula is C24H27N3O3. The number of imide groups is 1. The number of carbonyl (C=O) groups is 3. The van der Waals surface area contributed by atoms with E-state index in [4.69, 9.17) is 0 Å². The maximum Gasteiger partial charge on any atom is 0.261 e. The Bertz CT molecular complexity index is 965. The van der Waals surface area contributed by atoms with Crippen LogP contribution in [-0.2, 0) is 0 Å². The van der Waals surface area contributed by atoms with Gasteiger partial charge in [-0.3, -0.25) is 24.2 Å². The Balaban J connectivity index is 1.49. The van der Waals surface area contributed by atoms with Crippen LogP contribution in [0.3, 0.4) is 0 Å². The fourth-order valence-corrected chi connectivity index (χ4v) is 4.27. The SMILES string of the molecule is CC1CCN(C(CNC(=O)c2ccc3c(c2)C(=O)N(C)C3=O)c2ccccc2)CC1. The van der Waals surface area contributed by atoms with Crippen molar-refractivity contribution in [1.29, 1.82) is 0 Å². The zero-order valence-electron chi connectivity index (χ0n) is 17.4. The molecule has 1 atom stereocenters. The zero-order valence-corrected chi connectivity index (χ0v) is 17.4. The van der Waals surface area contributed by atoms with Crippen molar-refractivity contribution < 1.29 is 14.4 Å². The lowest BCUT2D eigenvalue weighted by Crippen LogP contribution is -2.42. The molecule has 0 radical (unpaired) electrons. The first-order valence-electron chi connectivity index (χ1n) is 10.5. The maximum absolute atomic E-state index is 12.8. The smallest absolute Gasteiger partial charge is 0.261 e. The van der Waals surface area contributed by atoms with E-state index in [0.29, 0.717) is 23.2 Å². The summed E-state index contributed by atoms with van der Waals surface area (Å²) in [6.45, 7) is 4.80. The quantitative estimate of drug-likeness (QED) is 0.776. The molecule has 2 aromatic rings. The van der Waals surface area contributed by atoms with Crippen molar-refractivity contribution in [2.24, 2.45) is 5.92 Å². The number of benzene rings is 2. The number of nitrogens with one attached hydrogen (secondary N) is 1. The molecule has 0 saturated carbocycles. The molecule has 0 bridgehead atoms. The highest BCUT2D eigenvalue weighted by atomic mass is 16.2. The molecule has 2 aliphatic rings. The van der Waals surface area contributed by atoms with E-state index in [1.807, 2.05) is 18.2 Å². The number of amides is 3. The fourth-order valence-electron chi connectivity index (χ4n) is 4.27. The molecule has 2 heterocycles. The molecule has 1 unspecified atom stereocenters. The summed E-state index contributed by atoms with van der Waals surface area (Å²) < 4.78 is 0. The van der Waals surface area contributed by atoms with Crippen LogP contribution in [0.4, 0.5) is 0 Å². The van der Waals surface area contributed by atoms with Gasteiger partial charge in [0.05, 0.1) is 17.2 Å². The number of likely N-dealkylation sites (tertiary alicyclic amines) is 1. The van der Waals surface area contributed by atoms with Gasteiger partial charge in [-0.2, -0.15) is 0 Å². The Labute approximate surface area is 176 Å². The molecular weight excluding hydrogens is 378 g/mol. The summed E-state index contributed by atoms with van der Waals surface area (Å²) in [6.07, 6.45) is 2.32. The van der Waals surface area contributed by atoms with Crippen LogP contribution in [0, 0.1) is 5.92 Å². The van der Waals surface area contributed by atoms with Gasteiger partial charge >= 0.3 is 0 Å². The molecule has 1 fully saturated rings. The van der Waals surface area contributed by atoms with E-state index in [2.05, 4.69) is 29.3 Å². The molecule has 30 heavy (non-hydrogen) atoms. The Morgan fingerprint density at radius 2 is 1.70 bits per heavy atom. The molecule has 0 aliphatic carbocycles. The van der Waals surface area contributed by atoms with Crippen LogP contribution in [0.5, 0.6) is 0 Å². The summed E-state index contributed by atoms with van der Waals surface area (Å²) in [7, 11) is 1.45. The second kappa shape index (κ2) is 8.40. The van der Waals surface area contributed by atoms with E-state index in [1.54, 1.807) is 12.1 Å². The van der Waals surface area contributed by atoms with Crippen LogP contribution < -0.4 is 5.32 Å². The molecule has 4 rings (SSSR count). The van der Waals surface area contributed by atoms with Crippen LogP contribution >= 0.6 is 0 Å². The Morgan fingerprint density at radius 3 is 2.40 bits per heavy atom. The lowest BCUT2D eigenvalue weighted by molar-refractivity contribution is 0.0693. The van der Waals surface area contributed by atoms with Crippen LogP contribution in [0.25, 0.3) is 0 Å². The van der Waals surface area contributed by atoms with E-state index in [-0.39, 0.29) is 23.8 Å². The fraction of sp³-hybridized carbons (Fsp3) is 0.375. The first-order valence-corrected chi connectivity index (χ1v) is 10.5. The van der Waals surface area contributed by atoms with E-state index in [1.165, 1.54) is 18.7 Å². The first-order chi connectivity index (χ1) is 14.5. The maximum atomic E-state index is 12.8. The third-order valence-corrected chi connectivity index (χ3v) is 6.25. The Kier molecular flexibility index (Phi) is 5.68. The number of piperidine rings is 1. The highest BCUT2D eigenvalue weighted by Gasteiger charge is 2.33. The summed E-state index contributed by atoms with van der Waals surface area (Å²) in [4.78, 5) is 40.7. The van der Waals surface area contributed by atoms with Crippen molar-refractivity contribution in [2.45, 2.75) is 25.8 Å². The summed E-state index contributed by atoms with van der Waals surface area (Å²) in [6, 6.07) is 15.0. The molecule has 156 valence electrons. The minimum absolute atomic E-state index is 0.103. The Morgan fingerprint density at radius 1 is 1.03 bits per heavy atom. The van der Waals surface area contributed by atoms with Gasteiger partial charge in [0.1, 0.15) is 0 Å². The normalized spacial score (nSPS) is 18.4. The predicted molar refractivity (Wildman–Crippen MR) is 114 cm³/mol. The summed E-state index contributed by atoms with van der Waals surface area (Å²) in [5.74, 6) is -0.198. The van der Waals surface area contributed by atoms with Crippen molar-refractivity contribution in [3.05, 3.63) is 70.8 Å². The number of nitrogens with zero attached hydrogens (tertiary/aromatic N) is 2. The van der Waals surface area contributed by atoms with Crippen LogP contribution in [0.2, 0.25) is 0 Å².